The van der Waals surface area contributed by atoms with Gasteiger partial charge in [0.05, 0.1) is 17.5 Å². The molecule has 0 amide bonds. The van der Waals surface area contributed by atoms with E-state index in [1.54, 1.807) is 0 Å². The van der Waals surface area contributed by atoms with E-state index in [9.17, 15) is 0 Å². The van der Waals surface area contributed by atoms with Crippen LogP contribution in [0.1, 0.15) is 25.1 Å². The molecule has 6 heteroatoms. The van der Waals surface area contributed by atoms with Crippen molar-refractivity contribution in [2.24, 2.45) is 0 Å². The van der Waals surface area contributed by atoms with Crippen LogP contribution in [0.25, 0.3) is 11.4 Å². The Morgan fingerprint density at radius 2 is 2.21 bits per heavy atom. The topological polar surface area (TPSA) is 55.6 Å². The van der Waals surface area contributed by atoms with Crippen molar-refractivity contribution < 1.29 is 0 Å². The minimum absolute atomic E-state index is 0.775. The zero-order chi connectivity index (χ0) is 13.2. The van der Waals surface area contributed by atoms with Gasteiger partial charge in [-0.3, -0.25) is 4.68 Å². The molecule has 0 saturated heterocycles. The van der Waals surface area contributed by atoms with E-state index < -0.39 is 0 Å². The second-order valence-electron chi connectivity index (χ2n) is 4.43. The molecule has 1 aliphatic heterocycles. The Balaban J connectivity index is 2.04. The normalized spacial score (nSPS) is 13.6. The first-order valence-corrected chi connectivity index (χ1v) is 7.71. The van der Waals surface area contributed by atoms with E-state index >= 15 is 0 Å². The molecule has 2 aromatic heterocycles. The summed E-state index contributed by atoms with van der Waals surface area (Å²) in [6.45, 7) is 5.90. The molecule has 0 fully saturated rings. The first-order chi connectivity index (χ1) is 9.31. The largest absolute Gasteiger partial charge is 0.370 e. The summed E-state index contributed by atoms with van der Waals surface area (Å²) in [5.74, 6) is 3.74. The van der Waals surface area contributed by atoms with Gasteiger partial charge in [0.25, 0.3) is 0 Å². The highest BCUT2D eigenvalue weighted by molar-refractivity contribution is 7.98. The lowest BCUT2D eigenvalue weighted by Crippen LogP contribution is -2.06. The molecule has 0 spiro atoms. The van der Waals surface area contributed by atoms with Crippen molar-refractivity contribution in [2.75, 3.05) is 11.9 Å². The Hall–Kier alpha value is -1.56. The third-order valence-electron chi connectivity index (χ3n) is 3.14. The monoisotopic (exact) mass is 275 g/mol. The molecule has 5 nitrogen and oxygen atoms in total. The van der Waals surface area contributed by atoms with Gasteiger partial charge in [-0.15, -0.1) is 0 Å². The summed E-state index contributed by atoms with van der Waals surface area (Å²) in [7, 11) is 0. The van der Waals surface area contributed by atoms with Crippen molar-refractivity contribution >= 4 is 17.6 Å². The zero-order valence-electron chi connectivity index (χ0n) is 11.2. The van der Waals surface area contributed by atoms with Gasteiger partial charge in [0.2, 0.25) is 0 Å². The first kappa shape index (κ1) is 12.5. The minimum Gasteiger partial charge on any atom is -0.370 e. The smallest absolute Gasteiger partial charge is 0.164 e. The maximum Gasteiger partial charge on any atom is 0.164 e. The summed E-state index contributed by atoms with van der Waals surface area (Å²) in [4.78, 5) is 9.35. The molecule has 0 bridgehead atoms. The lowest BCUT2D eigenvalue weighted by Gasteiger charge is -2.09. The number of thioether (sulfide) groups is 1. The molecular formula is C13H17N5S. The Labute approximate surface area is 116 Å². The molecule has 2 aromatic rings. The van der Waals surface area contributed by atoms with Crippen LogP contribution in [-0.2, 0) is 18.1 Å². The fraction of sp³-hybridized carbons (Fsp3) is 0.462. The third-order valence-corrected chi connectivity index (χ3v) is 4.11. The second-order valence-corrected chi connectivity index (χ2v) is 5.41. The number of nitrogens with zero attached hydrogens (tertiary/aromatic N) is 4. The van der Waals surface area contributed by atoms with Gasteiger partial charge in [0.15, 0.2) is 5.82 Å². The van der Waals surface area contributed by atoms with Crippen LogP contribution in [0.15, 0.2) is 12.4 Å². The number of anilines is 1. The molecule has 0 saturated carbocycles. The molecule has 100 valence electrons. The SMILES string of the molecule is CCNc1nc(-c2cnn(CC)c2)nc2c1CSC2. The predicted molar refractivity (Wildman–Crippen MR) is 78.1 cm³/mol. The Bertz CT molecular complexity index is 593. The standard InChI is InChI=1S/C13H17N5S/c1-3-14-13-10-7-19-8-11(10)16-12(17-13)9-5-15-18(4-2)6-9/h5-6H,3-4,7-8H2,1-2H3,(H,14,16,17). The Morgan fingerprint density at radius 1 is 1.32 bits per heavy atom. The average molecular weight is 275 g/mol. The molecule has 0 atom stereocenters. The van der Waals surface area contributed by atoms with E-state index in [4.69, 9.17) is 0 Å². The number of fused-ring (bicyclic) bond motifs is 1. The second kappa shape index (κ2) is 5.21. The lowest BCUT2D eigenvalue weighted by molar-refractivity contribution is 0.660. The molecule has 0 aromatic carbocycles. The number of rotatable bonds is 4. The minimum atomic E-state index is 0.775. The quantitative estimate of drug-likeness (QED) is 0.929. The van der Waals surface area contributed by atoms with E-state index in [0.29, 0.717) is 0 Å². The van der Waals surface area contributed by atoms with Crippen molar-refractivity contribution in [1.82, 2.24) is 19.7 Å². The molecule has 3 heterocycles. The Morgan fingerprint density at radius 3 is 2.95 bits per heavy atom. The number of hydrogen-bond donors (Lipinski definition) is 1. The van der Waals surface area contributed by atoms with Gasteiger partial charge in [-0.1, -0.05) is 0 Å². The van der Waals surface area contributed by atoms with Crippen LogP contribution >= 0.6 is 11.8 Å². The van der Waals surface area contributed by atoms with Crippen molar-refractivity contribution in [3.8, 4) is 11.4 Å². The van der Waals surface area contributed by atoms with Gasteiger partial charge >= 0.3 is 0 Å². The van der Waals surface area contributed by atoms with E-state index in [1.807, 2.05) is 28.8 Å². The zero-order valence-corrected chi connectivity index (χ0v) is 12.0. The van der Waals surface area contributed by atoms with Gasteiger partial charge < -0.3 is 5.32 Å². The van der Waals surface area contributed by atoms with Gasteiger partial charge in [-0.25, -0.2) is 9.97 Å². The van der Waals surface area contributed by atoms with E-state index in [2.05, 4.69) is 34.2 Å². The van der Waals surface area contributed by atoms with Crippen LogP contribution in [0.5, 0.6) is 0 Å². The van der Waals surface area contributed by atoms with Crippen LogP contribution in [0.4, 0.5) is 5.82 Å². The van der Waals surface area contributed by atoms with E-state index in [-0.39, 0.29) is 0 Å². The third kappa shape index (κ3) is 2.32. The van der Waals surface area contributed by atoms with Crippen molar-refractivity contribution in [1.29, 1.82) is 0 Å². The van der Waals surface area contributed by atoms with Crippen molar-refractivity contribution in [3.63, 3.8) is 0 Å². The number of hydrogen-bond acceptors (Lipinski definition) is 5. The molecular weight excluding hydrogens is 258 g/mol. The summed E-state index contributed by atoms with van der Waals surface area (Å²) >= 11 is 1.89. The molecule has 1 N–H and O–H groups in total. The van der Waals surface area contributed by atoms with E-state index in [1.165, 1.54) is 5.56 Å². The molecule has 19 heavy (non-hydrogen) atoms. The summed E-state index contributed by atoms with van der Waals surface area (Å²) < 4.78 is 1.90. The highest BCUT2D eigenvalue weighted by Gasteiger charge is 2.20. The van der Waals surface area contributed by atoms with Crippen LogP contribution < -0.4 is 5.32 Å². The Kier molecular flexibility index (Phi) is 3.42. The van der Waals surface area contributed by atoms with Crippen LogP contribution in [-0.4, -0.2) is 26.3 Å². The van der Waals surface area contributed by atoms with Gasteiger partial charge in [-0.2, -0.15) is 16.9 Å². The molecule has 0 aliphatic carbocycles. The van der Waals surface area contributed by atoms with Crippen LogP contribution in [0.3, 0.4) is 0 Å². The average Bonchev–Trinajstić information content (AvgIpc) is 3.07. The summed E-state index contributed by atoms with van der Waals surface area (Å²) in [6.07, 6.45) is 3.84. The fourth-order valence-electron chi connectivity index (χ4n) is 2.15. The molecule has 3 rings (SSSR count). The fourth-order valence-corrected chi connectivity index (χ4v) is 3.19. The molecule has 0 unspecified atom stereocenters. The highest BCUT2D eigenvalue weighted by Crippen LogP contribution is 2.34. The summed E-state index contributed by atoms with van der Waals surface area (Å²) in [5, 5.41) is 7.64. The maximum atomic E-state index is 4.69. The first-order valence-electron chi connectivity index (χ1n) is 6.56. The maximum absolute atomic E-state index is 4.69. The van der Waals surface area contributed by atoms with Gasteiger partial charge in [-0.05, 0) is 13.8 Å². The number of aryl methyl sites for hydroxylation is 1. The highest BCUT2D eigenvalue weighted by atomic mass is 32.2. The number of aromatic nitrogens is 4. The van der Waals surface area contributed by atoms with Crippen molar-refractivity contribution in [2.45, 2.75) is 31.9 Å². The van der Waals surface area contributed by atoms with Gasteiger partial charge in [0, 0.05) is 36.4 Å². The van der Waals surface area contributed by atoms with E-state index in [0.717, 1.165) is 47.5 Å². The van der Waals surface area contributed by atoms with Crippen molar-refractivity contribution in [3.05, 3.63) is 23.7 Å². The van der Waals surface area contributed by atoms with Crippen LogP contribution in [0, 0.1) is 0 Å². The summed E-state index contributed by atoms with van der Waals surface area (Å²) in [6, 6.07) is 0. The summed E-state index contributed by atoms with van der Waals surface area (Å²) in [5.41, 5.74) is 3.41. The molecule has 0 radical (unpaired) electrons. The lowest BCUT2D eigenvalue weighted by atomic mass is 10.2. The predicted octanol–water partition coefficient (Wildman–Crippen LogP) is 2.54. The van der Waals surface area contributed by atoms with Gasteiger partial charge in [0.1, 0.15) is 5.82 Å². The van der Waals surface area contributed by atoms with Crippen LogP contribution in [0.2, 0.25) is 0 Å². The number of nitrogens with one attached hydrogen (secondary N) is 1. The molecule has 1 aliphatic rings.